The molecule has 1 saturated heterocycles. The molecule has 1 aliphatic rings. The maximum absolute atomic E-state index is 13.1. The SMILES string of the molecule is O=C(c1cccc(OCc2cn3ccccc3n2)c1)N1CCC(C(O)c2ccccc2)CC1. The van der Waals surface area contributed by atoms with E-state index in [0.717, 1.165) is 29.7 Å². The number of fused-ring (bicyclic) bond motifs is 1. The highest BCUT2D eigenvalue weighted by Gasteiger charge is 2.28. The third kappa shape index (κ3) is 4.76. The number of likely N-dealkylation sites (tertiary alicyclic amines) is 1. The van der Waals surface area contributed by atoms with Crippen LogP contribution in [-0.4, -0.2) is 38.4 Å². The average Bonchev–Trinajstić information content (AvgIpc) is 3.30. The second kappa shape index (κ2) is 9.46. The molecule has 0 aliphatic carbocycles. The van der Waals surface area contributed by atoms with E-state index in [0.29, 0.717) is 31.0 Å². The Kier molecular flexibility index (Phi) is 6.09. The number of imidazole rings is 1. The lowest BCUT2D eigenvalue weighted by molar-refractivity contribution is 0.0462. The van der Waals surface area contributed by atoms with Gasteiger partial charge in [-0.2, -0.15) is 0 Å². The highest BCUT2D eigenvalue weighted by molar-refractivity contribution is 5.94. The van der Waals surface area contributed by atoms with Crippen LogP contribution in [0, 0.1) is 5.92 Å². The van der Waals surface area contributed by atoms with E-state index in [9.17, 15) is 9.90 Å². The highest BCUT2D eigenvalue weighted by atomic mass is 16.5. The molecule has 168 valence electrons. The van der Waals surface area contributed by atoms with Crippen molar-refractivity contribution in [2.45, 2.75) is 25.6 Å². The number of aliphatic hydroxyl groups is 1. The first kappa shape index (κ1) is 21.2. The molecule has 3 heterocycles. The number of nitrogens with zero attached hydrogens (tertiary/aromatic N) is 3. The summed E-state index contributed by atoms with van der Waals surface area (Å²) in [5.41, 5.74) is 3.26. The molecule has 2 aromatic heterocycles. The number of piperidine rings is 1. The molecule has 1 aliphatic heterocycles. The fourth-order valence-corrected chi connectivity index (χ4v) is 4.46. The van der Waals surface area contributed by atoms with Crippen molar-refractivity contribution in [3.8, 4) is 5.75 Å². The first-order valence-corrected chi connectivity index (χ1v) is 11.3. The van der Waals surface area contributed by atoms with Crippen LogP contribution in [0.3, 0.4) is 0 Å². The van der Waals surface area contributed by atoms with Crippen LogP contribution in [0.2, 0.25) is 0 Å². The van der Waals surface area contributed by atoms with Gasteiger partial charge in [-0.15, -0.1) is 0 Å². The van der Waals surface area contributed by atoms with Crippen molar-refractivity contribution in [2.24, 2.45) is 5.92 Å². The fraction of sp³-hybridized carbons (Fsp3) is 0.259. The zero-order valence-corrected chi connectivity index (χ0v) is 18.4. The summed E-state index contributed by atoms with van der Waals surface area (Å²) in [7, 11) is 0. The van der Waals surface area contributed by atoms with Gasteiger partial charge in [-0.05, 0) is 54.7 Å². The zero-order chi connectivity index (χ0) is 22.6. The van der Waals surface area contributed by atoms with E-state index in [1.54, 1.807) is 6.07 Å². The maximum atomic E-state index is 13.1. The molecule has 2 aromatic carbocycles. The second-order valence-electron chi connectivity index (χ2n) is 8.50. The number of amides is 1. The van der Waals surface area contributed by atoms with E-state index < -0.39 is 6.10 Å². The Labute approximate surface area is 193 Å². The van der Waals surface area contributed by atoms with Crippen LogP contribution in [0.1, 0.15) is 40.6 Å². The molecule has 1 fully saturated rings. The molecule has 1 amide bonds. The summed E-state index contributed by atoms with van der Waals surface area (Å²) in [6.07, 6.45) is 4.98. The molecular weight excluding hydrogens is 414 g/mol. The quantitative estimate of drug-likeness (QED) is 0.478. The molecule has 6 heteroatoms. The van der Waals surface area contributed by atoms with Gasteiger partial charge in [0.1, 0.15) is 18.0 Å². The maximum Gasteiger partial charge on any atom is 0.253 e. The first-order valence-electron chi connectivity index (χ1n) is 11.3. The van der Waals surface area contributed by atoms with Crippen molar-refractivity contribution in [1.82, 2.24) is 14.3 Å². The number of carbonyl (C=O) groups excluding carboxylic acids is 1. The lowest BCUT2D eigenvalue weighted by Crippen LogP contribution is -2.39. The molecule has 1 N–H and O–H groups in total. The number of benzene rings is 2. The summed E-state index contributed by atoms with van der Waals surface area (Å²) >= 11 is 0. The van der Waals surface area contributed by atoms with Crippen LogP contribution >= 0.6 is 0 Å². The van der Waals surface area contributed by atoms with Crippen LogP contribution < -0.4 is 4.74 Å². The molecule has 33 heavy (non-hydrogen) atoms. The van der Waals surface area contributed by atoms with Gasteiger partial charge < -0.3 is 19.1 Å². The van der Waals surface area contributed by atoms with Crippen LogP contribution in [0.4, 0.5) is 0 Å². The molecule has 5 rings (SSSR count). The van der Waals surface area contributed by atoms with Gasteiger partial charge in [-0.1, -0.05) is 42.5 Å². The van der Waals surface area contributed by atoms with Gasteiger partial charge in [-0.25, -0.2) is 4.98 Å². The lowest BCUT2D eigenvalue weighted by atomic mass is 9.87. The van der Waals surface area contributed by atoms with Crippen LogP contribution in [0.25, 0.3) is 5.65 Å². The number of aliphatic hydroxyl groups excluding tert-OH is 1. The molecule has 6 nitrogen and oxygen atoms in total. The highest BCUT2D eigenvalue weighted by Crippen LogP contribution is 2.31. The minimum Gasteiger partial charge on any atom is -0.487 e. The van der Waals surface area contributed by atoms with Gasteiger partial charge >= 0.3 is 0 Å². The molecule has 4 aromatic rings. The Hall–Kier alpha value is -3.64. The number of rotatable bonds is 6. The Morgan fingerprint density at radius 2 is 1.82 bits per heavy atom. The minimum absolute atomic E-state index is 0.000769. The Morgan fingerprint density at radius 1 is 1.03 bits per heavy atom. The standard InChI is InChI=1S/C27H27N3O3/c31-26(20-7-2-1-3-8-20)21-12-15-29(16-13-21)27(32)22-9-6-10-24(17-22)33-19-23-18-30-14-5-4-11-25(30)28-23/h1-11,14,17-18,21,26,31H,12-13,15-16,19H2. The average molecular weight is 442 g/mol. The van der Waals surface area contributed by atoms with Gasteiger partial charge in [0.25, 0.3) is 5.91 Å². The summed E-state index contributed by atoms with van der Waals surface area (Å²) in [5, 5.41) is 10.7. The van der Waals surface area contributed by atoms with Crippen molar-refractivity contribution < 1.29 is 14.6 Å². The van der Waals surface area contributed by atoms with E-state index in [-0.39, 0.29) is 11.8 Å². The van der Waals surface area contributed by atoms with Gasteiger partial charge in [0.15, 0.2) is 0 Å². The molecule has 0 radical (unpaired) electrons. The van der Waals surface area contributed by atoms with E-state index in [1.165, 1.54) is 0 Å². The third-order valence-electron chi connectivity index (χ3n) is 6.30. The molecule has 0 saturated carbocycles. The van der Waals surface area contributed by atoms with Gasteiger partial charge in [0.05, 0.1) is 11.8 Å². The largest absolute Gasteiger partial charge is 0.487 e. The molecule has 0 spiro atoms. The summed E-state index contributed by atoms with van der Waals surface area (Å²) in [4.78, 5) is 19.5. The predicted molar refractivity (Wildman–Crippen MR) is 126 cm³/mol. The summed E-state index contributed by atoms with van der Waals surface area (Å²) in [5.74, 6) is 0.810. The summed E-state index contributed by atoms with van der Waals surface area (Å²) in [6, 6.07) is 22.9. The molecule has 1 atom stereocenters. The Balaban J connectivity index is 1.18. The number of carbonyl (C=O) groups is 1. The van der Waals surface area contributed by atoms with Crippen molar-refractivity contribution in [3.05, 3.63) is 102 Å². The van der Waals surface area contributed by atoms with E-state index in [2.05, 4.69) is 4.98 Å². The van der Waals surface area contributed by atoms with Crippen LogP contribution in [-0.2, 0) is 6.61 Å². The topological polar surface area (TPSA) is 67.1 Å². The smallest absolute Gasteiger partial charge is 0.253 e. The van der Waals surface area contributed by atoms with Crippen molar-refractivity contribution >= 4 is 11.6 Å². The zero-order valence-electron chi connectivity index (χ0n) is 18.4. The van der Waals surface area contributed by atoms with Gasteiger partial charge in [0, 0.05) is 31.0 Å². The van der Waals surface area contributed by atoms with Crippen molar-refractivity contribution in [3.63, 3.8) is 0 Å². The lowest BCUT2D eigenvalue weighted by Gasteiger charge is -2.34. The molecule has 0 bridgehead atoms. The van der Waals surface area contributed by atoms with E-state index >= 15 is 0 Å². The van der Waals surface area contributed by atoms with Crippen LogP contribution in [0.5, 0.6) is 5.75 Å². The second-order valence-corrected chi connectivity index (χ2v) is 8.50. The Bertz CT molecular complexity index is 1200. The third-order valence-corrected chi connectivity index (χ3v) is 6.30. The number of hydrogen-bond acceptors (Lipinski definition) is 4. The van der Waals surface area contributed by atoms with E-state index in [4.69, 9.17) is 4.74 Å². The fourth-order valence-electron chi connectivity index (χ4n) is 4.46. The first-order chi connectivity index (χ1) is 16.2. The predicted octanol–water partition coefficient (Wildman–Crippen LogP) is 4.50. The minimum atomic E-state index is -0.486. The number of aromatic nitrogens is 2. The molecular formula is C27H27N3O3. The van der Waals surface area contributed by atoms with Crippen LogP contribution in [0.15, 0.2) is 85.2 Å². The number of pyridine rings is 1. The summed E-state index contributed by atoms with van der Waals surface area (Å²) in [6.45, 7) is 1.61. The van der Waals surface area contributed by atoms with E-state index in [1.807, 2.05) is 88.4 Å². The van der Waals surface area contributed by atoms with Gasteiger partial charge in [0.2, 0.25) is 0 Å². The van der Waals surface area contributed by atoms with Crippen molar-refractivity contribution in [1.29, 1.82) is 0 Å². The normalized spacial score (nSPS) is 15.5. The Morgan fingerprint density at radius 3 is 2.61 bits per heavy atom. The summed E-state index contributed by atoms with van der Waals surface area (Å²) < 4.78 is 7.87. The molecule has 1 unspecified atom stereocenters. The number of hydrogen-bond donors (Lipinski definition) is 1. The number of ether oxygens (including phenoxy) is 1. The monoisotopic (exact) mass is 441 g/mol. The van der Waals surface area contributed by atoms with Crippen molar-refractivity contribution in [2.75, 3.05) is 13.1 Å². The van der Waals surface area contributed by atoms with Gasteiger partial charge in [-0.3, -0.25) is 4.79 Å².